The number of hydrogen-bond acceptors (Lipinski definition) is 6. The van der Waals surface area contributed by atoms with Gasteiger partial charge in [-0.3, -0.25) is 0 Å². The fraction of sp³-hybridized carbons (Fsp3) is 0.316. The summed E-state index contributed by atoms with van der Waals surface area (Å²) in [6, 6.07) is 11.4. The molecule has 6 nitrogen and oxygen atoms in total. The van der Waals surface area contributed by atoms with Crippen molar-refractivity contribution in [3.8, 4) is 0 Å². The molecule has 4 bridgehead atoms. The third-order valence-corrected chi connectivity index (χ3v) is 7.58. The molecule has 0 radical (unpaired) electrons. The molecule has 0 fully saturated rings. The molecule has 4 aliphatic heterocycles. The maximum absolute atomic E-state index is 12.6. The monoisotopic (exact) mass is 408 g/mol. The lowest BCUT2D eigenvalue weighted by Crippen LogP contribution is -2.14. The molecule has 0 saturated heterocycles. The van der Waals surface area contributed by atoms with E-state index in [9.17, 15) is 21.6 Å². The number of aryl methyl sites for hydroxylation is 1. The largest absolute Gasteiger partial charge is 0.465 e. The quantitative estimate of drug-likeness (QED) is 0.671. The van der Waals surface area contributed by atoms with Gasteiger partial charge in [-0.25, -0.2) is 21.6 Å². The summed E-state index contributed by atoms with van der Waals surface area (Å²) in [5.41, 5.74) is 2.27. The van der Waals surface area contributed by atoms with Crippen molar-refractivity contribution in [2.75, 3.05) is 12.9 Å². The van der Waals surface area contributed by atoms with Gasteiger partial charge in [0.05, 0.1) is 35.7 Å². The fourth-order valence-corrected chi connectivity index (χ4v) is 5.99. The number of methoxy groups -OCH3 is 1. The smallest absolute Gasteiger partial charge is 0.338 e. The van der Waals surface area contributed by atoms with E-state index in [1.54, 1.807) is 30.3 Å². The van der Waals surface area contributed by atoms with Gasteiger partial charge in [-0.15, -0.1) is 0 Å². The molecule has 4 heterocycles. The molecule has 27 heavy (non-hydrogen) atoms. The number of carbonyl (C=O) groups is 1. The van der Waals surface area contributed by atoms with E-state index in [0.29, 0.717) is 23.1 Å². The van der Waals surface area contributed by atoms with Gasteiger partial charge in [0, 0.05) is 0 Å². The molecule has 0 saturated carbocycles. The molecule has 2 aromatic carbocycles. The molecule has 0 atom stereocenters. The molecule has 0 N–H and O–H groups in total. The van der Waals surface area contributed by atoms with Gasteiger partial charge in [-0.05, 0) is 34.7 Å². The Balaban J connectivity index is 2.11. The zero-order chi connectivity index (χ0) is 19.7. The Labute approximate surface area is 159 Å². The summed E-state index contributed by atoms with van der Waals surface area (Å²) in [4.78, 5) is 12.1. The third-order valence-electron chi connectivity index (χ3n) is 4.45. The number of carbonyl (C=O) groups excluding carboxylic acids is 1. The molecular formula is C19H20O6S2. The van der Waals surface area contributed by atoms with Crippen LogP contribution >= 0.6 is 0 Å². The Morgan fingerprint density at radius 1 is 0.815 bits per heavy atom. The zero-order valence-electron chi connectivity index (χ0n) is 14.8. The summed E-state index contributed by atoms with van der Waals surface area (Å²) in [6.07, 6.45) is 0.345. The van der Waals surface area contributed by atoms with Crippen LogP contribution in [0.1, 0.15) is 32.6 Å². The summed E-state index contributed by atoms with van der Waals surface area (Å²) in [6.45, 7) is 0. The second kappa shape index (κ2) is 7.44. The topological polar surface area (TPSA) is 94.6 Å². The average molecular weight is 408 g/mol. The van der Waals surface area contributed by atoms with Gasteiger partial charge in [0.1, 0.15) is 0 Å². The van der Waals surface area contributed by atoms with Crippen molar-refractivity contribution in [1.82, 2.24) is 0 Å². The summed E-state index contributed by atoms with van der Waals surface area (Å²) in [5, 5.41) is 0. The number of hydrogen-bond donors (Lipinski definition) is 0. The number of ether oxygens (including phenoxy) is 1. The van der Waals surface area contributed by atoms with E-state index in [-0.39, 0.29) is 28.6 Å². The Bertz CT molecular complexity index is 1070. The van der Waals surface area contributed by atoms with E-state index in [1.807, 2.05) is 0 Å². The fourth-order valence-electron chi connectivity index (χ4n) is 3.08. The summed E-state index contributed by atoms with van der Waals surface area (Å²) < 4.78 is 54.9. The molecule has 144 valence electrons. The van der Waals surface area contributed by atoms with Crippen LogP contribution in [0.25, 0.3) is 0 Å². The predicted octanol–water partition coefficient (Wildman–Crippen LogP) is 2.06. The van der Waals surface area contributed by atoms with Crippen LogP contribution in [0.15, 0.2) is 42.5 Å². The van der Waals surface area contributed by atoms with Crippen LogP contribution in [0.4, 0.5) is 0 Å². The minimum absolute atomic E-state index is 0.0278. The summed E-state index contributed by atoms with van der Waals surface area (Å²) in [7, 11) is -5.71. The number of esters is 1. The van der Waals surface area contributed by atoms with E-state index in [2.05, 4.69) is 0 Å². The standard InChI is InChI=1S/C19H20O6S2/c1-25-19(20)18-10-16-6-7-17(18)13-27(23,24)11-15-4-2-14(3-5-15)8-9-26(21,22)12-16/h2-7,10H,8-9,11-13H2,1H3. The normalized spacial score (nSPS) is 18.4. The predicted molar refractivity (Wildman–Crippen MR) is 102 cm³/mol. The van der Waals surface area contributed by atoms with E-state index in [4.69, 9.17) is 4.74 Å². The van der Waals surface area contributed by atoms with E-state index in [0.717, 1.165) is 5.56 Å². The molecule has 4 aliphatic rings. The first-order valence-electron chi connectivity index (χ1n) is 8.36. The van der Waals surface area contributed by atoms with Gasteiger partial charge in [-0.1, -0.05) is 36.4 Å². The van der Waals surface area contributed by atoms with Crippen molar-refractivity contribution < 1.29 is 26.4 Å². The highest BCUT2D eigenvalue weighted by Crippen LogP contribution is 2.21. The number of benzene rings is 2. The van der Waals surface area contributed by atoms with Crippen molar-refractivity contribution in [3.63, 3.8) is 0 Å². The highest BCUT2D eigenvalue weighted by molar-refractivity contribution is 7.90. The molecule has 2 aromatic rings. The highest BCUT2D eigenvalue weighted by Gasteiger charge is 2.22. The summed E-state index contributed by atoms with van der Waals surface area (Å²) >= 11 is 0. The molecule has 0 unspecified atom stereocenters. The van der Waals surface area contributed by atoms with Crippen LogP contribution in [0, 0.1) is 0 Å². The highest BCUT2D eigenvalue weighted by atomic mass is 32.2. The number of rotatable bonds is 1. The molecule has 0 aromatic heterocycles. The van der Waals surface area contributed by atoms with Crippen molar-refractivity contribution in [3.05, 3.63) is 70.3 Å². The first-order valence-corrected chi connectivity index (χ1v) is 12.0. The van der Waals surface area contributed by atoms with Gasteiger partial charge in [0.2, 0.25) is 0 Å². The Morgan fingerprint density at radius 2 is 1.41 bits per heavy atom. The molecule has 0 aliphatic carbocycles. The maximum atomic E-state index is 12.6. The average Bonchev–Trinajstić information content (AvgIpc) is 2.61. The van der Waals surface area contributed by atoms with Crippen LogP contribution in [0.2, 0.25) is 0 Å². The lowest BCUT2D eigenvalue weighted by molar-refractivity contribution is 0.0599. The SMILES string of the molecule is COC(=O)c1cc2ccc1CS(=O)(=O)Cc1ccc(cc1)CCS(=O)(=O)C2. The van der Waals surface area contributed by atoms with Crippen molar-refractivity contribution in [1.29, 1.82) is 0 Å². The van der Waals surface area contributed by atoms with Gasteiger partial charge >= 0.3 is 5.97 Å². The Kier molecular flexibility index (Phi) is 5.39. The van der Waals surface area contributed by atoms with Crippen LogP contribution < -0.4 is 0 Å². The minimum Gasteiger partial charge on any atom is -0.465 e. The van der Waals surface area contributed by atoms with Gasteiger partial charge in [0.25, 0.3) is 0 Å². The Hall–Kier alpha value is -2.19. The van der Waals surface area contributed by atoms with Gasteiger partial charge in [0.15, 0.2) is 19.7 Å². The minimum atomic E-state index is -3.52. The molecule has 8 heteroatoms. The van der Waals surface area contributed by atoms with Crippen molar-refractivity contribution >= 4 is 25.6 Å². The van der Waals surface area contributed by atoms with Crippen LogP contribution in [0.3, 0.4) is 0 Å². The zero-order valence-corrected chi connectivity index (χ0v) is 16.5. The van der Waals surface area contributed by atoms with Crippen molar-refractivity contribution in [2.45, 2.75) is 23.7 Å². The lowest BCUT2D eigenvalue weighted by atomic mass is 10.1. The third kappa shape index (κ3) is 4.95. The number of sulfone groups is 2. The molecule has 6 rings (SSSR count). The van der Waals surface area contributed by atoms with Crippen LogP contribution in [-0.4, -0.2) is 35.7 Å². The van der Waals surface area contributed by atoms with Gasteiger partial charge < -0.3 is 4.74 Å². The van der Waals surface area contributed by atoms with E-state index < -0.39 is 25.6 Å². The first-order chi connectivity index (χ1) is 12.7. The summed E-state index contributed by atoms with van der Waals surface area (Å²) in [5.74, 6) is -1.42. The van der Waals surface area contributed by atoms with E-state index >= 15 is 0 Å². The van der Waals surface area contributed by atoms with Gasteiger partial charge in [-0.2, -0.15) is 0 Å². The van der Waals surface area contributed by atoms with E-state index in [1.165, 1.54) is 19.2 Å². The Morgan fingerprint density at radius 3 is 2.07 bits per heavy atom. The van der Waals surface area contributed by atoms with Crippen molar-refractivity contribution in [2.24, 2.45) is 0 Å². The molecular weight excluding hydrogens is 388 g/mol. The van der Waals surface area contributed by atoms with Crippen LogP contribution in [0.5, 0.6) is 0 Å². The second-order valence-corrected chi connectivity index (χ2v) is 10.9. The molecule has 0 spiro atoms. The van der Waals surface area contributed by atoms with Crippen LogP contribution in [-0.2, 0) is 48.1 Å². The molecule has 0 amide bonds. The lowest BCUT2D eigenvalue weighted by Gasteiger charge is -2.11. The first kappa shape index (κ1) is 19.6. The maximum Gasteiger partial charge on any atom is 0.338 e. The second-order valence-electron chi connectivity index (χ2n) is 6.67.